The average molecular weight is 255 g/mol. The van der Waals surface area contributed by atoms with Crippen molar-refractivity contribution in [3.63, 3.8) is 0 Å². The van der Waals surface area contributed by atoms with Crippen molar-refractivity contribution in [3.05, 3.63) is 28.8 Å². The molecule has 1 aliphatic heterocycles. The van der Waals surface area contributed by atoms with Gasteiger partial charge in [-0.15, -0.1) is 0 Å². The molecule has 0 unspecified atom stereocenters. The Hall–Kier alpha value is -1.06. The van der Waals surface area contributed by atoms with Gasteiger partial charge in [-0.05, 0) is 31.0 Å². The highest BCUT2D eigenvalue weighted by Gasteiger charge is 2.25. The highest BCUT2D eigenvalue weighted by Crippen LogP contribution is 2.28. The van der Waals surface area contributed by atoms with Crippen LogP contribution in [0.4, 0.5) is 0 Å². The summed E-state index contributed by atoms with van der Waals surface area (Å²) in [6.45, 7) is 1.30. The Kier molecular flexibility index (Phi) is 4.02. The highest BCUT2D eigenvalue weighted by molar-refractivity contribution is 6.31. The number of carbonyl (C=O) groups excluding carboxylic acids is 1. The molecule has 1 heterocycles. The van der Waals surface area contributed by atoms with Gasteiger partial charge in [-0.1, -0.05) is 11.6 Å². The number of ether oxygens (including phenoxy) is 2. The van der Waals surface area contributed by atoms with Gasteiger partial charge in [0.2, 0.25) is 0 Å². The second kappa shape index (κ2) is 5.52. The molecule has 0 amide bonds. The van der Waals surface area contributed by atoms with Gasteiger partial charge in [0.25, 0.3) is 0 Å². The lowest BCUT2D eigenvalue weighted by molar-refractivity contribution is 0.0543. The smallest absolute Gasteiger partial charge is 0.169 e. The van der Waals surface area contributed by atoms with Crippen LogP contribution in [0.5, 0.6) is 5.75 Å². The van der Waals surface area contributed by atoms with Crippen LogP contribution in [-0.4, -0.2) is 26.1 Å². The van der Waals surface area contributed by atoms with Crippen LogP contribution in [-0.2, 0) is 4.74 Å². The molecule has 2 rings (SSSR count). The third kappa shape index (κ3) is 2.79. The molecule has 1 saturated heterocycles. The van der Waals surface area contributed by atoms with E-state index in [9.17, 15) is 4.79 Å². The number of benzene rings is 1. The number of hydrogen-bond acceptors (Lipinski definition) is 3. The first-order chi connectivity index (χ1) is 8.22. The van der Waals surface area contributed by atoms with Crippen LogP contribution in [0.25, 0.3) is 0 Å². The SMILES string of the molecule is COc1ccc(Cl)cc1C(=O)C1CCOCC1. The van der Waals surface area contributed by atoms with Crippen LogP contribution in [0, 0.1) is 5.92 Å². The van der Waals surface area contributed by atoms with Crippen LogP contribution in [0.15, 0.2) is 18.2 Å². The molecule has 4 heteroatoms. The molecule has 0 radical (unpaired) electrons. The van der Waals surface area contributed by atoms with Crippen LogP contribution < -0.4 is 4.74 Å². The van der Waals surface area contributed by atoms with Gasteiger partial charge in [0, 0.05) is 24.2 Å². The molecule has 1 aromatic rings. The summed E-state index contributed by atoms with van der Waals surface area (Å²) in [7, 11) is 1.56. The predicted octanol–water partition coefficient (Wildman–Crippen LogP) is 2.96. The molecule has 1 aromatic carbocycles. The quantitative estimate of drug-likeness (QED) is 0.778. The van der Waals surface area contributed by atoms with Crippen molar-refractivity contribution >= 4 is 17.4 Å². The third-order valence-electron chi connectivity index (χ3n) is 3.02. The Morgan fingerprint density at radius 2 is 2.12 bits per heavy atom. The van der Waals surface area contributed by atoms with Crippen LogP contribution >= 0.6 is 11.6 Å². The molecular weight excluding hydrogens is 240 g/mol. The number of methoxy groups -OCH3 is 1. The zero-order valence-electron chi connectivity index (χ0n) is 9.74. The summed E-state index contributed by atoms with van der Waals surface area (Å²) in [6.07, 6.45) is 1.54. The van der Waals surface area contributed by atoms with Gasteiger partial charge in [-0.25, -0.2) is 0 Å². The number of hydrogen-bond donors (Lipinski definition) is 0. The topological polar surface area (TPSA) is 35.5 Å². The van der Waals surface area contributed by atoms with Crippen molar-refractivity contribution in [2.75, 3.05) is 20.3 Å². The van der Waals surface area contributed by atoms with Gasteiger partial charge in [-0.3, -0.25) is 4.79 Å². The largest absolute Gasteiger partial charge is 0.496 e. The fraction of sp³-hybridized carbons (Fsp3) is 0.462. The summed E-state index contributed by atoms with van der Waals surface area (Å²) >= 11 is 5.92. The Labute approximate surface area is 106 Å². The van der Waals surface area contributed by atoms with E-state index in [1.54, 1.807) is 25.3 Å². The van der Waals surface area contributed by atoms with Crippen LogP contribution in [0.3, 0.4) is 0 Å². The fourth-order valence-electron chi connectivity index (χ4n) is 2.05. The number of Topliss-reactive ketones (excluding diaryl/α,β-unsaturated/α-hetero) is 1. The van der Waals surface area contributed by atoms with E-state index in [-0.39, 0.29) is 11.7 Å². The van der Waals surface area contributed by atoms with E-state index in [0.29, 0.717) is 29.5 Å². The van der Waals surface area contributed by atoms with Crippen LogP contribution in [0.1, 0.15) is 23.2 Å². The number of rotatable bonds is 3. The lowest BCUT2D eigenvalue weighted by Gasteiger charge is -2.21. The molecule has 0 atom stereocenters. The van der Waals surface area contributed by atoms with Gasteiger partial charge in [0.05, 0.1) is 12.7 Å². The molecule has 0 aliphatic carbocycles. The molecule has 0 spiro atoms. The predicted molar refractivity (Wildman–Crippen MR) is 65.9 cm³/mol. The zero-order chi connectivity index (χ0) is 12.3. The summed E-state index contributed by atoms with van der Waals surface area (Å²) < 4.78 is 10.5. The van der Waals surface area contributed by atoms with Gasteiger partial charge in [0.15, 0.2) is 5.78 Å². The Morgan fingerprint density at radius 3 is 2.76 bits per heavy atom. The Morgan fingerprint density at radius 1 is 1.41 bits per heavy atom. The maximum absolute atomic E-state index is 12.3. The second-order valence-electron chi connectivity index (χ2n) is 4.10. The molecule has 1 aliphatic rings. The maximum Gasteiger partial charge on any atom is 0.169 e. The van der Waals surface area contributed by atoms with E-state index in [1.807, 2.05) is 0 Å². The van der Waals surface area contributed by atoms with E-state index in [2.05, 4.69) is 0 Å². The summed E-state index contributed by atoms with van der Waals surface area (Å²) in [5.74, 6) is 0.717. The van der Waals surface area contributed by atoms with Gasteiger partial charge >= 0.3 is 0 Å². The van der Waals surface area contributed by atoms with Crippen molar-refractivity contribution < 1.29 is 14.3 Å². The van der Waals surface area contributed by atoms with Gasteiger partial charge in [-0.2, -0.15) is 0 Å². The Bertz CT molecular complexity index is 411. The molecule has 0 saturated carbocycles. The maximum atomic E-state index is 12.3. The minimum atomic E-state index is 0.0242. The molecule has 3 nitrogen and oxygen atoms in total. The second-order valence-corrected chi connectivity index (χ2v) is 4.53. The minimum Gasteiger partial charge on any atom is -0.496 e. The molecule has 1 fully saturated rings. The van der Waals surface area contributed by atoms with Crippen molar-refractivity contribution in [1.82, 2.24) is 0 Å². The molecular formula is C13H15ClO3. The lowest BCUT2D eigenvalue weighted by atomic mass is 9.90. The molecule has 0 aromatic heterocycles. The third-order valence-corrected chi connectivity index (χ3v) is 3.25. The normalized spacial score (nSPS) is 16.8. The van der Waals surface area contributed by atoms with E-state index in [0.717, 1.165) is 12.8 Å². The average Bonchev–Trinajstić information content (AvgIpc) is 2.39. The van der Waals surface area contributed by atoms with E-state index in [1.165, 1.54) is 0 Å². The highest BCUT2D eigenvalue weighted by atomic mass is 35.5. The standard InChI is InChI=1S/C13H15ClO3/c1-16-12-3-2-10(14)8-11(12)13(15)9-4-6-17-7-5-9/h2-3,8-9H,4-7H2,1H3. The van der Waals surface area contributed by atoms with Crippen LogP contribution in [0.2, 0.25) is 5.02 Å². The first kappa shape index (κ1) is 12.4. The minimum absolute atomic E-state index is 0.0242. The summed E-state index contributed by atoms with van der Waals surface area (Å²) in [4.78, 5) is 12.3. The molecule has 92 valence electrons. The zero-order valence-corrected chi connectivity index (χ0v) is 10.5. The first-order valence-electron chi connectivity index (χ1n) is 5.68. The van der Waals surface area contributed by atoms with Gasteiger partial charge < -0.3 is 9.47 Å². The van der Waals surface area contributed by atoms with Crippen molar-refractivity contribution in [2.45, 2.75) is 12.8 Å². The van der Waals surface area contributed by atoms with E-state index >= 15 is 0 Å². The van der Waals surface area contributed by atoms with Crippen molar-refractivity contribution in [1.29, 1.82) is 0 Å². The fourth-order valence-corrected chi connectivity index (χ4v) is 2.22. The lowest BCUT2D eigenvalue weighted by Crippen LogP contribution is -2.23. The molecule has 0 N–H and O–H groups in total. The molecule has 17 heavy (non-hydrogen) atoms. The van der Waals surface area contributed by atoms with Gasteiger partial charge in [0.1, 0.15) is 5.75 Å². The number of carbonyl (C=O) groups is 1. The molecule has 0 bridgehead atoms. The van der Waals surface area contributed by atoms with E-state index < -0.39 is 0 Å². The number of halogens is 1. The van der Waals surface area contributed by atoms with Crippen molar-refractivity contribution in [2.24, 2.45) is 5.92 Å². The first-order valence-corrected chi connectivity index (χ1v) is 6.05. The Balaban J connectivity index is 2.25. The summed E-state index contributed by atoms with van der Waals surface area (Å²) in [6, 6.07) is 5.13. The van der Waals surface area contributed by atoms with E-state index in [4.69, 9.17) is 21.1 Å². The summed E-state index contributed by atoms with van der Waals surface area (Å²) in [5, 5.41) is 0.557. The summed E-state index contributed by atoms with van der Waals surface area (Å²) in [5.41, 5.74) is 0.576. The van der Waals surface area contributed by atoms with Crippen molar-refractivity contribution in [3.8, 4) is 5.75 Å². The number of ketones is 1. The monoisotopic (exact) mass is 254 g/mol.